The van der Waals surface area contributed by atoms with Crippen LogP contribution < -0.4 is 15.4 Å². The third kappa shape index (κ3) is 4.55. The molecular formula is C22H25N7O3S. The highest BCUT2D eigenvalue weighted by Crippen LogP contribution is 2.31. The summed E-state index contributed by atoms with van der Waals surface area (Å²) < 4.78 is 15.4. The number of fused-ring (bicyclic) bond motifs is 1. The van der Waals surface area contributed by atoms with E-state index in [1.54, 1.807) is 16.9 Å². The van der Waals surface area contributed by atoms with Crippen LogP contribution in [0.1, 0.15) is 30.6 Å². The Balaban J connectivity index is 1.48. The molecular weight excluding hydrogens is 442 g/mol. The van der Waals surface area contributed by atoms with Crippen LogP contribution in [0.25, 0.3) is 16.7 Å². The van der Waals surface area contributed by atoms with Gasteiger partial charge in [0.1, 0.15) is 11.6 Å². The zero-order chi connectivity index (χ0) is 22.9. The molecule has 4 aromatic heterocycles. The lowest BCUT2D eigenvalue weighted by atomic mass is 10.3. The van der Waals surface area contributed by atoms with Crippen molar-refractivity contribution in [1.29, 1.82) is 0 Å². The fourth-order valence-electron chi connectivity index (χ4n) is 3.64. The van der Waals surface area contributed by atoms with Crippen LogP contribution in [0.3, 0.4) is 0 Å². The topological polar surface area (TPSA) is 108 Å². The number of carbonyl (C=O) groups excluding carboxylic acids is 1. The molecule has 0 spiro atoms. The second-order valence-corrected chi connectivity index (χ2v) is 9.11. The van der Waals surface area contributed by atoms with Crippen LogP contribution in [0, 0.1) is 0 Å². The van der Waals surface area contributed by atoms with Gasteiger partial charge < -0.3 is 24.7 Å². The van der Waals surface area contributed by atoms with Crippen LogP contribution in [0.5, 0.6) is 5.88 Å². The van der Waals surface area contributed by atoms with Gasteiger partial charge in [0.15, 0.2) is 0 Å². The lowest BCUT2D eigenvalue weighted by Crippen LogP contribution is -2.29. The van der Waals surface area contributed by atoms with E-state index in [0.717, 1.165) is 28.1 Å². The van der Waals surface area contributed by atoms with Gasteiger partial charge in [0.2, 0.25) is 11.8 Å². The molecule has 0 aliphatic carbocycles. The van der Waals surface area contributed by atoms with Gasteiger partial charge in [-0.05, 0) is 26.0 Å². The predicted octanol–water partition coefficient (Wildman–Crippen LogP) is 3.27. The lowest BCUT2D eigenvalue weighted by molar-refractivity contribution is 0.0943. The van der Waals surface area contributed by atoms with Crippen molar-refractivity contribution in [2.24, 2.45) is 7.05 Å². The van der Waals surface area contributed by atoms with E-state index in [0.29, 0.717) is 30.6 Å². The molecule has 0 saturated carbocycles. The Morgan fingerprint density at radius 3 is 2.97 bits per heavy atom. The van der Waals surface area contributed by atoms with Gasteiger partial charge in [-0.1, -0.05) is 0 Å². The van der Waals surface area contributed by atoms with E-state index in [1.165, 1.54) is 11.3 Å². The van der Waals surface area contributed by atoms with Gasteiger partial charge in [0.05, 0.1) is 41.2 Å². The molecule has 0 aromatic carbocycles. The van der Waals surface area contributed by atoms with E-state index >= 15 is 0 Å². The predicted molar refractivity (Wildman–Crippen MR) is 126 cm³/mol. The quantitative estimate of drug-likeness (QED) is 0.429. The molecule has 10 nitrogen and oxygen atoms in total. The first-order valence-corrected chi connectivity index (χ1v) is 11.6. The molecule has 5 rings (SSSR count). The van der Waals surface area contributed by atoms with Gasteiger partial charge in [-0.15, -0.1) is 11.3 Å². The van der Waals surface area contributed by atoms with Crippen molar-refractivity contribution in [3.05, 3.63) is 41.7 Å². The van der Waals surface area contributed by atoms with Gasteiger partial charge in [-0.25, -0.2) is 4.98 Å². The second-order valence-electron chi connectivity index (χ2n) is 8.20. The number of hydrogen-bond donors (Lipinski definition) is 2. The van der Waals surface area contributed by atoms with E-state index in [-0.39, 0.29) is 18.1 Å². The average molecular weight is 468 g/mol. The SMILES string of the molecule is CC(C)NC(=O)c1csc(Nc2nc(O[C@@H]3CCOC3)c3c(ccn3-c3cnn(C)c3)n2)c1. The minimum atomic E-state index is -0.107. The fraction of sp³-hybridized carbons (Fsp3) is 0.364. The first-order valence-electron chi connectivity index (χ1n) is 10.7. The number of nitrogens with one attached hydrogen (secondary N) is 2. The summed E-state index contributed by atoms with van der Waals surface area (Å²) in [6.45, 7) is 5.06. The third-order valence-electron chi connectivity index (χ3n) is 5.15. The van der Waals surface area contributed by atoms with Gasteiger partial charge in [-0.3, -0.25) is 9.48 Å². The van der Waals surface area contributed by atoms with E-state index in [9.17, 15) is 4.79 Å². The monoisotopic (exact) mass is 467 g/mol. The lowest BCUT2D eigenvalue weighted by Gasteiger charge is -2.14. The Kier molecular flexibility index (Phi) is 5.73. The maximum absolute atomic E-state index is 12.3. The van der Waals surface area contributed by atoms with E-state index in [4.69, 9.17) is 9.47 Å². The number of carbonyl (C=O) groups is 1. The summed E-state index contributed by atoms with van der Waals surface area (Å²) >= 11 is 1.42. The molecule has 1 aliphatic heterocycles. The molecule has 5 heterocycles. The van der Waals surface area contributed by atoms with Crippen molar-refractivity contribution in [3.63, 3.8) is 0 Å². The van der Waals surface area contributed by atoms with E-state index < -0.39 is 0 Å². The third-order valence-corrected chi connectivity index (χ3v) is 6.00. The molecule has 1 saturated heterocycles. The summed E-state index contributed by atoms with van der Waals surface area (Å²) in [7, 11) is 1.87. The van der Waals surface area contributed by atoms with Crippen molar-refractivity contribution in [2.45, 2.75) is 32.4 Å². The van der Waals surface area contributed by atoms with Crippen LogP contribution in [0.2, 0.25) is 0 Å². The summed E-state index contributed by atoms with van der Waals surface area (Å²) in [5.74, 6) is 0.767. The second kappa shape index (κ2) is 8.83. The normalized spacial score (nSPS) is 15.9. The number of ether oxygens (including phenoxy) is 2. The summed E-state index contributed by atoms with van der Waals surface area (Å²) in [6.07, 6.45) is 6.37. The standard InChI is InChI=1S/C22H25N7O3S/c1-13(2)24-20(30)14-8-18(33-12-14)26-22-25-17-4-6-29(15-9-23-28(3)10-15)19(17)21(27-22)32-16-5-7-31-11-16/h4,6,8-10,12-13,16H,5,7,11H2,1-3H3,(H,24,30)(H,25,26,27)/t16-/m1/s1. The van der Waals surface area contributed by atoms with Crippen LogP contribution in [0.15, 0.2) is 36.1 Å². The highest BCUT2D eigenvalue weighted by Gasteiger charge is 2.22. The number of anilines is 2. The average Bonchev–Trinajstić information content (AvgIpc) is 3.54. The summed E-state index contributed by atoms with van der Waals surface area (Å²) in [5.41, 5.74) is 2.99. The molecule has 11 heteroatoms. The molecule has 2 N–H and O–H groups in total. The summed E-state index contributed by atoms with van der Waals surface area (Å²) in [4.78, 5) is 21.6. The van der Waals surface area contributed by atoms with E-state index in [1.807, 2.05) is 49.3 Å². The number of aromatic nitrogens is 5. The molecule has 0 bridgehead atoms. The minimum Gasteiger partial charge on any atom is -0.470 e. The molecule has 0 radical (unpaired) electrons. The Labute approximate surface area is 194 Å². The molecule has 33 heavy (non-hydrogen) atoms. The molecule has 0 unspecified atom stereocenters. The number of rotatable bonds is 7. The summed E-state index contributed by atoms with van der Waals surface area (Å²) in [5, 5.41) is 13.0. The number of amides is 1. The highest BCUT2D eigenvalue weighted by atomic mass is 32.1. The van der Waals surface area contributed by atoms with Crippen molar-refractivity contribution in [3.8, 4) is 11.6 Å². The van der Waals surface area contributed by atoms with Crippen LogP contribution in [-0.2, 0) is 11.8 Å². The van der Waals surface area contributed by atoms with Crippen LogP contribution in [-0.4, -0.2) is 55.6 Å². The van der Waals surface area contributed by atoms with Crippen LogP contribution in [0.4, 0.5) is 10.9 Å². The highest BCUT2D eigenvalue weighted by molar-refractivity contribution is 7.14. The molecule has 1 atom stereocenters. The molecule has 1 fully saturated rings. The van der Waals surface area contributed by atoms with Gasteiger partial charge >= 0.3 is 0 Å². The smallest absolute Gasteiger partial charge is 0.252 e. The van der Waals surface area contributed by atoms with Crippen molar-refractivity contribution in [2.75, 3.05) is 18.5 Å². The van der Waals surface area contributed by atoms with Gasteiger partial charge in [0.25, 0.3) is 5.91 Å². The molecule has 1 amide bonds. The zero-order valence-corrected chi connectivity index (χ0v) is 19.4. The Morgan fingerprint density at radius 1 is 1.36 bits per heavy atom. The fourth-order valence-corrected chi connectivity index (χ4v) is 4.41. The number of aryl methyl sites for hydroxylation is 1. The van der Waals surface area contributed by atoms with Gasteiger partial charge in [-0.2, -0.15) is 10.1 Å². The van der Waals surface area contributed by atoms with Crippen LogP contribution >= 0.6 is 11.3 Å². The van der Waals surface area contributed by atoms with E-state index in [2.05, 4.69) is 25.7 Å². The Morgan fingerprint density at radius 2 is 2.24 bits per heavy atom. The maximum atomic E-state index is 12.3. The number of thiophene rings is 1. The minimum absolute atomic E-state index is 0.0683. The summed E-state index contributed by atoms with van der Waals surface area (Å²) in [6, 6.07) is 3.79. The first kappa shape index (κ1) is 21.4. The van der Waals surface area contributed by atoms with Crippen molar-refractivity contribution in [1.82, 2.24) is 29.6 Å². The zero-order valence-electron chi connectivity index (χ0n) is 18.6. The van der Waals surface area contributed by atoms with Crippen molar-refractivity contribution < 1.29 is 14.3 Å². The number of nitrogens with zero attached hydrogens (tertiary/aromatic N) is 5. The maximum Gasteiger partial charge on any atom is 0.252 e. The number of hydrogen-bond acceptors (Lipinski definition) is 8. The molecule has 4 aromatic rings. The first-order chi connectivity index (χ1) is 16.0. The van der Waals surface area contributed by atoms with Gasteiger partial charge in [0, 0.05) is 37.3 Å². The van der Waals surface area contributed by atoms with Crippen molar-refractivity contribution >= 4 is 39.2 Å². The molecule has 172 valence electrons. The largest absolute Gasteiger partial charge is 0.470 e. The Bertz CT molecular complexity index is 1290. The Hall–Kier alpha value is -3.44. The molecule has 1 aliphatic rings.